The average molecular weight is 275 g/mol. The van der Waals surface area contributed by atoms with Gasteiger partial charge in [0.05, 0.1) is 17.6 Å². The number of rotatable bonds is 6. The number of hydrogen-bond acceptors (Lipinski definition) is 4. The van der Waals surface area contributed by atoms with Crippen molar-refractivity contribution in [3.05, 3.63) is 29.8 Å². The van der Waals surface area contributed by atoms with Gasteiger partial charge in [-0.15, -0.1) is 0 Å². The van der Waals surface area contributed by atoms with Crippen molar-refractivity contribution in [2.24, 2.45) is 0 Å². The Bertz CT molecular complexity index is 474. The molecular formula is C11H18FN3O2S. The van der Waals surface area contributed by atoms with E-state index in [2.05, 4.69) is 10.3 Å². The van der Waals surface area contributed by atoms with E-state index in [1.807, 2.05) is 6.92 Å². The van der Waals surface area contributed by atoms with E-state index < -0.39 is 10.0 Å². The summed E-state index contributed by atoms with van der Waals surface area (Å²) in [6.45, 7) is 2.17. The van der Waals surface area contributed by atoms with Gasteiger partial charge < -0.3 is 5.32 Å². The Hall–Kier alpha value is -1.05. The highest BCUT2D eigenvalue weighted by molar-refractivity contribution is 7.89. The summed E-state index contributed by atoms with van der Waals surface area (Å²) in [7, 11) is -0.192. The second-order valence-electron chi connectivity index (χ2n) is 4.18. The molecule has 0 saturated heterocycles. The van der Waals surface area contributed by atoms with E-state index in [9.17, 15) is 12.8 Å². The highest BCUT2D eigenvalue weighted by atomic mass is 32.2. The average Bonchev–Trinajstić information content (AvgIpc) is 2.29. The molecule has 0 aliphatic rings. The third kappa shape index (κ3) is 4.32. The minimum atomic E-state index is -3.19. The van der Waals surface area contributed by atoms with E-state index >= 15 is 0 Å². The van der Waals surface area contributed by atoms with Crippen molar-refractivity contribution < 1.29 is 12.8 Å². The van der Waals surface area contributed by atoms with Gasteiger partial charge in [0.25, 0.3) is 0 Å². The first kappa shape index (κ1) is 15.0. The standard InChI is InChI=1S/C11H18FN3O2S/c1-9(11-5-4-10(12)8-14-11)13-6-7-18(16,17)15(2)3/h4-5,8-9,13H,6-7H2,1-3H3. The zero-order valence-corrected chi connectivity index (χ0v) is 11.5. The fourth-order valence-corrected chi connectivity index (χ4v) is 2.08. The van der Waals surface area contributed by atoms with Gasteiger partial charge in [0, 0.05) is 26.7 Å². The third-order valence-corrected chi connectivity index (χ3v) is 4.39. The van der Waals surface area contributed by atoms with Crippen LogP contribution >= 0.6 is 0 Å². The van der Waals surface area contributed by atoms with Gasteiger partial charge in [0.2, 0.25) is 10.0 Å². The molecule has 0 aromatic carbocycles. The van der Waals surface area contributed by atoms with Crippen LogP contribution in [0.2, 0.25) is 0 Å². The molecule has 7 heteroatoms. The minimum absolute atomic E-state index is 0.0194. The lowest BCUT2D eigenvalue weighted by atomic mass is 10.2. The van der Waals surface area contributed by atoms with Crippen LogP contribution in [0.3, 0.4) is 0 Å². The first-order valence-corrected chi connectivity index (χ1v) is 7.19. The van der Waals surface area contributed by atoms with Crippen LogP contribution in [0.4, 0.5) is 4.39 Å². The number of sulfonamides is 1. The number of halogens is 1. The van der Waals surface area contributed by atoms with E-state index in [4.69, 9.17) is 0 Å². The van der Waals surface area contributed by atoms with Gasteiger partial charge in [-0.2, -0.15) is 0 Å². The Morgan fingerprint density at radius 1 is 1.44 bits per heavy atom. The molecule has 0 spiro atoms. The summed E-state index contributed by atoms with van der Waals surface area (Å²) in [5.41, 5.74) is 0.679. The van der Waals surface area contributed by atoms with Crippen LogP contribution in [-0.2, 0) is 10.0 Å². The Balaban J connectivity index is 2.47. The molecular weight excluding hydrogens is 257 g/mol. The van der Waals surface area contributed by atoms with Crippen LogP contribution in [0.1, 0.15) is 18.7 Å². The summed E-state index contributed by atoms with van der Waals surface area (Å²) in [4.78, 5) is 3.93. The Morgan fingerprint density at radius 3 is 2.61 bits per heavy atom. The van der Waals surface area contributed by atoms with Gasteiger partial charge in [-0.25, -0.2) is 17.1 Å². The monoisotopic (exact) mass is 275 g/mol. The highest BCUT2D eigenvalue weighted by Gasteiger charge is 2.14. The normalized spacial score (nSPS) is 13.8. The molecule has 0 saturated carbocycles. The van der Waals surface area contributed by atoms with Crippen molar-refractivity contribution in [1.29, 1.82) is 0 Å². The van der Waals surface area contributed by atoms with Crippen LogP contribution in [0.5, 0.6) is 0 Å². The molecule has 1 aromatic rings. The summed E-state index contributed by atoms with van der Waals surface area (Å²) >= 11 is 0. The number of nitrogens with one attached hydrogen (secondary N) is 1. The van der Waals surface area contributed by atoms with Gasteiger partial charge in [0.15, 0.2) is 0 Å². The third-order valence-electron chi connectivity index (χ3n) is 2.56. The Kier molecular flexibility index (Phi) is 5.18. The number of aromatic nitrogens is 1. The summed E-state index contributed by atoms with van der Waals surface area (Å²) < 4.78 is 36.9. The molecule has 1 heterocycles. The molecule has 1 atom stereocenters. The predicted octanol–water partition coefficient (Wildman–Crippen LogP) is 0.763. The van der Waals surface area contributed by atoms with Crippen molar-refractivity contribution in [1.82, 2.24) is 14.6 Å². The van der Waals surface area contributed by atoms with Crippen molar-refractivity contribution >= 4 is 10.0 Å². The molecule has 0 fully saturated rings. The molecule has 1 unspecified atom stereocenters. The largest absolute Gasteiger partial charge is 0.308 e. The molecule has 0 aliphatic carbocycles. The van der Waals surface area contributed by atoms with Crippen LogP contribution in [-0.4, -0.2) is 44.1 Å². The highest BCUT2D eigenvalue weighted by Crippen LogP contribution is 2.09. The SMILES string of the molecule is CC(NCCS(=O)(=O)N(C)C)c1ccc(F)cn1. The molecule has 0 radical (unpaired) electrons. The lowest BCUT2D eigenvalue weighted by Crippen LogP contribution is -2.32. The molecule has 0 aliphatic heterocycles. The van der Waals surface area contributed by atoms with Crippen LogP contribution in [0, 0.1) is 5.82 Å². The topological polar surface area (TPSA) is 62.3 Å². The van der Waals surface area contributed by atoms with E-state index in [1.54, 1.807) is 6.07 Å². The first-order chi connectivity index (χ1) is 8.33. The van der Waals surface area contributed by atoms with Gasteiger partial charge in [-0.05, 0) is 19.1 Å². The molecule has 1 N–H and O–H groups in total. The lowest BCUT2D eigenvalue weighted by molar-refractivity contribution is 0.511. The van der Waals surface area contributed by atoms with E-state index in [-0.39, 0.29) is 17.6 Å². The fraction of sp³-hybridized carbons (Fsp3) is 0.545. The number of hydrogen-bond donors (Lipinski definition) is 1. The maximum atomic E-state index is 12.7. The van der Waals surface area contributed by atoms with E-state index in [0.717, 1.165) is 6.20 Å². The maximum Gasteiger partial charge on any atom is 0.214 e. The van der Waals surface area contributed by atoms with Gasteiger partial charge in [-0.3, -0.25) is 4.98 Å². The number of pyridine rings is 1. The van der Waals surface area contributed by atoms with Crippen LogP contribution < -0.4 is 5.32 Å². The first-order valence-electron chi connectivity index (χ1n) is 5.58. The predicted molar refractivity (Wildman–Crippen MR) is 68.1 cm³/mol. The molecule has 0 amide bonds. The zero-order chi connectivity index (χ0) is 13.8. The smallest absolute Gasteiger partial charge is 0.214 e. The Labute approximate surface area is 107 Å². The van der Waals surface area contributed by atoms with E-state index in [0.29, 0.717) is 12.2 Å². The summed E-state index contributed by atoms with van der Waals surface area (Å²) in [5, 5.41) is 3.04. The summed E-state index contributed by atoms with van der Waals surface area (Å²) in [6.07, 6.45) is 1.14. The maximum absolute atomic E-state index is 12.7. The zero-order valence-electron chi connectivity index (χ0n) is 10.7. The van der Waals surface area contributed by atoms with Crippen molar-refractivity contribution in [3.8, 4) is 0 Å². The quantitative estimate of drug-likeness (QED) is 0.832. The molecule has 1 rings (SSSR count). The molecule has 0 bridgehead atoms. The van der Waals surface area contributed by atoms with Crippen LogP contribution in [0.25, 0.3) is 0 Å². The van der Waals surface area contributed by atoms with Gasteiger partial charge >= 0.3 is 0 Å². The Morgan fingerprint density at radius 2 is 2.11 bits per heavy atom. The molecule has 1 aromatic heterocycles. The van der Waals surface area contributed by atoms with E-state index in [1.165, 1.54) is 24.5 Å². The van der Waals surface area contributed by atoms with Gasteiger partial charge in [0.1, 0.15) is 5.82 Å². The fourth-order valence-electron chi connectivity index (χ4n) is 1.33. The van der Waals surface area contributed by atoms with Crippen molar-refractivity contribution in [2.75, 3.05) is 26.4 Å². The second kappa shape index (κ2) is 6.21. The molecule has 5 nitrogen and oxygen atoms in total. The minimum Gasteiger partial charge on any atom is -0.308 e. The van der Waals surface area contributed by atoms with Crippen molar-refractivity contribution in [2.45, 2.75) is 13.0 Å². The van der Waals surface area contributed by atoms with Gasteiger partial charge in [-0.1, -0.05) is 0 Å². The molecule has 18 heavy (non-hydrogen) atoms. The summed E-state index contributed by atoms with van der Waals surface area (Å²) in [5.74, 6) is -0.368. The second-order valence-corrected chi connectivity index (χ2v) is 6.48. The van der Waals surface area contributed by atoms with Crippen molar-refractivity contribution in [3.63, 3.8) is 0 Å². The molecule has 102 valence electrons. The summed E-state index contributed by atoms with van der Waals surface area (Å²) in [6, 6.07) is 2.79. The lowest BCUT2D eigenvalue weighted by Gasteiger charge is -2.15. The number of nitrogens with zero attached hydrogens (tertiary/aromatic N) is 2. The van der Waals surface area contributed by atoms with Crippen LogP contribution in [0.15, 0.2) is 18.3 Å².